The van der Waals surface area contributed by atoms with Gasteiger partial charge in [-0.2, -0.15) is 0 Å². The zero-order valence-electron chi connectivity index (χ0n) is 18.4. The predicted octanol–water partition coefficient (Wildman–Crippen LogP) is 5.36. The topological polar surface area (TPSA) is 102 Å². The van der Waals surface area contributed by atoms with E-state index < -0.39 is 5.91 Å². The summed E-state index contributed by atoms with van der Waals surface area (Å²) >= 11 is 6.33. The molecule has 4 N–H and O–H groups in total. The van der Waals surface area contributed by atoms with Gasteiger partial charge in [-0.3, -0.25) is 14.6 Å². The van der Waals surface area contributed by atoms with Gasteiger partial charge in [0, 0.05) is 35.3 Å². The number of nitrogens with zero attached hydrogens (tertiary/aromatic N) is 2. The van der Waals surface area contributed by atoms with Crippen LogP contribution in [-0.2, 0) is 11.4 Å². The van der Waals surface area contributed by atoms with Gasteiger partial charge in [-0.15, -0.1) is 0 Å². The first-order chi connectivity index (χ1) is 16.5. The van der Waals surface area contributed by atoms with Crippen LogP contribution in [-0.4, -0.2) is 22.5 Å². The number of rotatable bonds is 8. The van der Waals surface area contributed by atoms with Gasteiger partial charge >= 0.3 is 0 Å². The van der Waals surface area contributed by atoms with Crippen molar-refractivity contribution in [3.05, 3.63) is 82.8 Å². The minimum atomic E-state index is -0.426. The monoisotopic (exact) mass is 479 g/mol. The number of fused-ring (bicyclic) bond motifs is 1. The van der Waals surface area contributed by atoms with Gasteiger partial charge in [0.05, 0.1) is 34.1 Å². The van der Waals surface area contributed by atoms with E-state index in [0.29, 0.717) is 40.4 Å². The molecule has 0 saturated heterocycles. The second-order valence-corrected chi connectivity index (χ2v) is 8.01. The lowest BCUT2D eigenvalue weighted by Gasteiger charge is -2.12. The fourth-order valence-corrected chi connectivity index (χ4v) is 3.63. The highest BCUT2D eigenvalue weighted by Gasteiger charge is 2.13. The number of pyridine rings is 2. The lowest BCUT2D eigenvalue weighted by Crippen LogP contribution is -2.24. The number of aromatic nitrogens is 2. The third kappa shape index (κ3) is 5.24. The molecule has 0 aliphatic carbocycles. The van der Waals surface area contributed by atoms with Crippen LogP contribution in [0.4, 0.5) is 15.9 Å². The van der Waals surface area contributed by atoms with E-state index in [-0.39, 0.29) is 22.9 Å². The van der Waals surface area contributed by atoms with Crippen LogP contribution in [0.15, 0.2) is 60.8 Å². The van der Waals surface area contributed by atoms with E-state index in [9.17, 15) is 9.18 Å². The Balaban J connectivity index is 1.53. The number of carbonyl (C=O) groups is 1. The molecular formula is C25H23ClFN5O2. The maximum Gasteiger partial charge on any atom is 0.276 e. The first kappa shape index (κ1) is 23.4. The molecule has 4 rings (SSSR count). The van der Waals surface area contributed by atoms with Gasteiger partial charge < -0.3 is 11.1 Å². The number of nitrogens with two attached hydrogens (primary N) is 1. The molecule has 0 bridgehead atoms. The second kappa shape index (κ2) is 10.5. The van der Waals surface area contributed by atoms with Crippen molar-refractivity contribution < 1.29 is 14.0 Å². The van der Waals surface area contributed by atoms with Gasteiger partial charge in [-0.1, -0.05) is 30.7 Å². The number of hydrogen-bond acceptors (Lipinski definition) is 6. The van der Waals surface area contributed by atoms with E-state index in [4.69, 9.17) is 22.2 Å². The molecule has 1 amide bonds. The summed E-state index contributed by atoms with van der Waals surface area (Å²) in [6.07, 6.45) is 2.40. The normalized spacial score (nSPS) is 10.9. The maximum atomic E-state index is 14.5. The van der Waals surface area contributed by atoms with Gasteiger partial charge in [0.2, 0.25) is 0 Å². The number of nitrogens with one attached hydrogen (secondary N) is 2. The Morgan fingerprint density at radius 3 is 2.82 bits per heavy atom. The summed E-state index contributed by atoms with van der Waals surface area (Å²) in [5, 5.41) is 4.21. The Hall–Kier alpha value is -3.75. The summed E-state index contributed by atoms with van der Waals surface area (Å²) in [6.45, 7) is 2.54. The van der Waals surface area contributed by atoms with Gasteiger partial charge in [0.15, 0.2) is 0 Å². The van der Waals surface area contributed by atoms with E-state index in [1.165, 1.54) is 6.07 Å². The maximum absolute atomic E-state index is 14.5. The quantitative estimate of drug-likeness (QED) is 0.232. The number of amides is 1. The highest BCUT2D eigenvalue weighted by molar-refractivity contribution is 6.34. The van der Waals surface area contributed by atoms with Crippen LogP contribution in [0.5, 0.6) is 0 Å². The van der Waals surface area contributed by atoms with Crippen molar-refractivity contribution in [1.29, 1.82) is 0 Å². The molecule has 34 heavy (non-hydrogen) atoms. The number of nitrogen functional groups attached to an aromatic ring is 1. The van der Waals surface area contributed by atoms with Crippen molar-refractivity contribution in [1.82, 2.24) is 15.4 Å². The average Bonchev–Trinajstić information content (AvgIpc) is 2.83. The zero-order valence-corrected chi connectivity index (χ0v) is 19.2. The van der Waals surface area contributed by atoms with Crippen LogP contribution in [0.1, 0.15) is 29.3 Å². The molecule has 2 aromatic carbocycles. The third-order valence-corrected chi connectivity index (χ3v) is 5.44. The fraction of sp³-hybridized carbons (Fsp3) is 0.160. The SMILES string of the molecule is CCCONC(=O)c1ccc(-c2ccc(N)c(NCc3cc4cccnc4cc3F)n2)cc1Cl. The van der Waals surface area contributed by atoms with Crippen LogP contribution < -0.4 is 16.5 Å². The van der Waals surface area contributed by atoms with Crippen LogP contribution >= 0.6 is 11.6 Å². The van der Waals surface area contributed by atoms with Crippen molar-refractivity contribution in [3.63, 3.8) is 0 Å². The molecule has 9 heteroatoms. The molecule has 0 radical (unpaired) electrons. The van der Waals surface area contributed by atoms with Gasteiger partial charge in [-0.05, 0) is 42.8 Å². The highest BCUT2D eigenvalue weighted by Crippen LogP contribution is 2.28. The number of anilines is 2. The van der Waals surface area contributed by atoms with E-state index >= 15 is 0 Å². The van der Waals surface area contributed by atoms with Gasteiger partial charge in [0.1, 0.15) is 11.6 Å². The van der Waals surface area contributed by atoms with E-state index in [2.05, 4.69) is 20.8 Å². The molecule has 0 atom stereocenters. The molecule has 2 heterocycles. The molecule has 0 aliphatic heterocycles. The van der Waals surface area contributed by atoms with E-state index in [0.717, 1.165) is 11.8 Å². The molecule has 0 fully saturated rings. The third-order valence-electron chi connectivity index (χ3n) is 5.12. The lowest BCUT2D eigenvalue weighted by molar-refractivity contribution is 0.0315. The Kier molecular flexibility index (Phi) is 7.20. The van der Waals surface area contributed by atoms with Crippen molar-refractivity contribution in [3.8, 4) is 11.3 Å². The number of benzene rings is 2. The van der Waals surface area contributed by atoms with Crippen LogP contribution in [0.2, 0.25) is 5.02 Å². The van der Waals surface area contributed by atoms with Crippen molar-refractivity contribution >= 4 is 39.9 Å². The van der Waals surface area contributed by atoms with Crippen molar-refractivity contribution in [2.24, 2.45) is 0 Å². The first-order valence-corrected chi connectivity index (χ1v) is 11.1. The number of halogens is 2. The van der Waals surface area contributed by atoms with Crippen LogP contribution in [0.3, 0.4) is 0 Å². The average molecular weight is 480 g/mol. The molecular weight excluding hydrogens is 457 g/mol. The molecule has 7 nitrogen and oxygen atoms in total. The molecule has 0 aliphatic rings. The number of hydroxylamine groups is 1. The smallest absolute Gasteiger partial charge is 0.276 e. The van der Waals surface area contributed by atoms with Crippen molar-refractivity contribution in [2.45, 2.75) is 19.9 Å². The van der Waals surface area contributed by atoms with E-state index in [1.807, 2.05) is 13.0 Å². The molecule has 0 spiro atoms. The summed E-state index contributed by atoms with van der Waals surface area (Å²) in [5.74, 6) is -0.378. The molecule has 0 unspecified atom stereocenters. The van der Waals surface area contributed by atoms with E-state index in [1.54, 1.807) is 48.7 Å². The molecule has 2 aromatic heterocycles. The Labute approximate surface area is 201 Å². The summed E-state index contributed by atoms with van der Waals surface area (Å²) in [4.78, 5) is 26.0. The Morgan fingerprint density at radius 1 is 1.18 bits per heavy atom. The minimum Gasteiger partial charge on any atom is -0.396 e. The molecule has 4 aromatic rings. The second-order valence-electron chi connectivity index (χ2n) is 7.60. The number of hydrogen-bond donors (Lipinski definition) is 3. The molecule has 0 saturated carbocycles. The van der Waals surface area contributed by atoms with Gasteiger partial charge in [0.25, 0.3) is 5.91 Å². The summed E-state index contributed by atoms with van der Waals surface area (Å²) in [6, 6.07) is 15.3. The Bertz CT molecular complexity index is 1350. The van der Waals surface area contributed by atoms with Crippen LogP contribution in [0, 0.1) is 5.82 Å². The minimum absolute atomic E-state index is 0.189. The van der Waals surface area contributed by atoms with Crippen molar-refractivity contribution in [2.75, 3.05) is 17.7 Å². The number of carbonyl (C=O) groups excluding carboxylic acids is 1. The summed E-state index contributed by atoms with van der Waals surface area (Å²) in [5.41, 5.74) is 11.5. The summed E-state index contributed by atoms with van der Waals surface area (Å²) in [7, 11) is 0. The first-order valence-electron chi connectivity index (χ1n) is 10.7. The van der Waals surface area contributed by atoms with Gasteiger partial charge in [-0.25, -0.2) is 14.9 Å². The zero-order chi connectivity index (χ0) is 24.1. The highest BCUT2D eigenvalue weighted by atomic mass is 35.5. The van der Waals surface area contributed by atoms with Crippen LogP contribution in [0.25, 0.3) is 22.2 Å². The standard InChI is InChI=1S/C25H23ClFN5O2/c1-2-10-34-32-25(33)18-6-5-16(12-19(18)26)22-8-7-21(28)24(31-22)30-14-17-11-15-4-3-9-29-23(15)13-20(17)27/h3-9,11-13H,2,10,14,28H2,1H3,(H,30,31)(H,32,33). The predicted molar refractivity (Wildman–Crippen MR) is 132 cm³/mol. The molecule has 174 valence electrons. The Morgan fingerprint density at radius 2 is 2.03 bits per heavy atom. The largest absolute Gasteiger partial charge is 0.396 e. The summed E-state index contributed by atoms with van der Waals surface area (Å²) < 4.78 is 14.5. The fourth-order valence-electron chi connectivity index (χ4n) is 3.36. The lowest BCUT2D eigenvalue weighted by atomic mass is 10.1.